The molecule has 2 aromatic heterocycles. The molecule has 0 aliphatic carbocycles. The zero-order valence-electron chi connectivity index (χ0n) is 11.8. The van der Waals surface area contributed by atoms with Crippen LogP contribution in [0.1, 0.15) is 24.6 Å². The first kappa shape index (κ1) is 15.0. The van der Waals surface area contributed by atoms with Crippen LogP contribution in [0, 0.1) is 12.8 Å². The molecule has 0 bridgehead atoms. The summed E-state index contributed by atoms with van der Waals surface area (Å²) in [6.45, 7) is 5.15. The van der Waals surface area contributed by atoms with E-state index in [9.17, 15) is 0 Å². The fourth-order valence-corrected chi connectivity index (χ4v) is 2.87. The van der Waals surface area contributed by atoms with E-state index in [4.69, 9.17) is 10.9 Å². The fraction of sp³-hybridized carbons (Fsp3) is 0.538. The van der Waals surface area contributed by atoms with E-state index in [0.29, 0.717) is 11.9 Å². The average Bonchev–Trinajstić information content (AvgIpc) is 2.83. The van der Waals surface area contributed by atoms with Gasteiger partial charge in [-0.05, 0) is 31.7 Å². The molecule has 0 aliphatic rings. The van der Waals surface area contributed by atoms with E-state index >= 15 is 0 Å². The van der Waals surface area contributed by atoms with E-state index in [1.165, 1.54) is 4.88 Å². The molecule has 0 radical (unpaired) electrons. The van der Waals surface area contributed by atoms with Crippen molar-refractivity contribution in [1.82, 2.24) is 9.97 Å². The lowest BCUT2D eigenvalue weighted by molar-refractivity contribution is 0.229. The summed E-state index contributed by atoms with van der Waals surface area (Å²) in [7, 11) is 0. The van der Waals surface area contributed by atoms with Crippen LogP contribution < -0.4 is 16.6 Å². The summed E-state index contributed by atoms with van der Waals surface area (Å²) in [5.41, 5.74) is 2.50. The number of nitrogens with zero attached hydrogens (tertiary/aromatic N) is 2. The Morgan fingerprint density at radius 2 is 2.25 bits per heavy atom. The molecule has 5 N–H and O–H groups in total. The molecular formula is C13H21N5OS. The van der Waals surface area contributed by atoms with Gasteiger partial charge in [0.1, 0.15) is 10.6 Å². The van der Waals surface area contributed by atoms with Gasteiger partial charge < -0.3 is 10.4 Å². The molecule has 0 aliphatic heterocycles. The number of aryl methyl sites for hydroxylation is 1. The maximum Gasteiger partial charge on any atom is 0.240 e. The minimum Gasteiger partial charge on any atom is -0.396 e. The van der Waals surface area contributed by atoms with Crippen LogP contribution in [-0.4, -0.2) is 28.2 Å². The summed E-state index contributed by atoms with van der Waals surface area (Å²) in [4.78, 5) is 10.8. The van der Waals surface area contributed by atoms with E-state index in [2.05, 4.69) is 33.7 Å². The van der Waals surface area contributed by atoms with Crippen molar-refractivity contribution in [3.63, 3.8) is 0 Å². The van der Waals surface area contributed by atoms with Crippen LogP contribution >= 0.6 is 11.3 Å². The van der Waals surface area contributed by atoms with Crippen molar-refractivity contribution >= 4 is 33.3 Å². The number of nitrogens with one attached hydrogen (secondary N) is 2. The van der Waals surface area contributed by atoms with Crippen molar-refractivity contribution < 1.29 is 5.11 Å². The van der Waals surface area contributed by atoms with Gasteiger partial charge in [-0.1, -0.05) is 6.92 Å². The van der Waals surface area contributed by atoms with Crippen molar-refractivity contribution in [1.29, 1.82) is 0 Å². The Balaban J connectivity index is 2.08. The number of hydrogen-bond donors (Lipinski definition) is 4. The number of nitrogen functional groups attached to an aromatic ring is 1. The van der Waals surface area contributed by atoms with Crippen LogP contribution in [0.5, 0.6) is 0 Å². The monoisotopic (exact) mass is 295 g/mol. The van der Waals surface area contributed by atoms with Gasteiger partial charge in [0, 0.05) is 18.0 Å². The molecule has 0 spiro atoms. The first-order chi connectivity index (χ1) is 9.63. The third-order valence-electron chi connectivity index (χ3n) is 3.12. The molecule has 0 saturated carbocycles. The summed E-state index contributed by atoms with van der Waals surface area (Å²) in [6.07, 6.45) is 1.98. The highest BCUT2D eigenvalue weighted by Gasteiger charge is 2.10. The highest BCUT2D eigenvalue weighted by Crippen LogP contribution is 2.29. The van der Waals surface area contributed by atoms with Crippen LogP contribution in [0.15, 0.2) is 6.07 Å². The standard InChI is InChI=1S/C13H21N5OS/c1-8(7-19)4-3-5-15-11-10-6-9(2)20-12(10)17-13(16-11)18-14/h6,8,19H,3-5,7,14H2,1-2H3,(H2,15,16,17,18). The summed E-state index contributed by atoms with van der Waals surface area (Å²) in [5, 5.41) is 13.4. The van der Waals surface area contributed by atoms with Crippen molar-refractivity contribution in [3.8, 4) is 0 Å². The van der Waals surface area contributed by atoms with Crippen molar-refractivity contribution in [2.45, 2.75) is 26.7 Å². The topological polar surface area (TPSA) is 96.1 Å². The van der Waals surface area contributed by atoms with Gasteiger partial charge >= 0.3 is 0 Å². The van der Waals surface area contributed by atoms with Crippen LogP contribution in [0.2, 0.25) is 0 Å². The fourth-order valence-electron chi connectivity index (χ4n) is 1.99. The van der Waals surface area contributed by atoms with Gasteiger partial charge in [-0.2, -0.15) is 4.98 Å². The summed E-state index contributed by atoms with van der Waals surface area (Å²) in [6, 6.07) is 2.08. The van der Waals surface area contributed by atoms with Gasteiger partial charge in [-0.15, -0.1) is 11.3 Å². The molecule has 110 valence electrons. The summed E-state index contributed by atoms with van der Waals surface area (Å²) < 4.78 is 0. The molecule has 2 heterocycles. The zero-order valence-corrected chi connectivity index (χ0v) is 12.6. The molecule has 6 nitrogen and oxygen atoms in total. The lowest BCUT2D eigenvalue weighted by Gasteiger charge is -2.10. The second-order valence-electron chi connectivity index (χ2n) is 4.97. The minimum atomic E-state index is 0.239. The molecule has 7 heteroatoms. The van der Waals surface area contributed by atoms with Crippen LogP contribution in [0.25, 0.3) is 10.2 Å². The van der Waals surface area contributed by atoms with Crippen LogP contribution in [0.4, 0.5) is 11.8 Å². The molecule has 0 aromatic carbocycles. The lowest BCUT2D eigenvalue weighted by atomic mass is 10.1. The first-order valence-electron chi connectivity index (χ1n) is 6.73. The Kier molecular flexibility index (Phi) is 5.11. The largest absolute Gasteiger partial charge is 0.396 e. The number of rotatable bonds is 7. The number of nitrogens with two attached hydrogens (primary N) is 1. The molecule has 0 saturated heterocycles. The van der Waals surface area contributed by atoms with Gasteiger partial charge in [0.25, 0.3) is 0 Å². The SMILES string of the molecule is Cc1cc2c(NCCCC(C)CO)nc(NN)nc2s1. The summed E-state index contributed by atoms with van der Waals surface area (Å²) >= 11 is 1.62. The average molecular weight is 295 g/mol. The maximum absolute atomic E-state index is 9.00. The highest BCUT2D eigenvalue weighted by molar-refractivity contribution is 7.18. The number of hydrazine groups is 1. The third-order valence-corrected chi connectivity index (χ3v) is 4.07. The predicted octanol–water partition coefficient (Wildman–Crippen LogP) is 2.11. The van der Waals surface area contributed by atoms with E-state index < -0.39 is 0 Å². The molecule has 1 unspecified atom stereocenters. The Bertz CT molecular complexity index is 571. The first-order valence-corrected chi connectivity index (χ1v) is 7.55. The molecule has 20 heavy (non-hydrogen) atoms. The van der Waals surface area contributed by atoms with Gasteiger partial charge in [-0.25, -0.2) is 10.8 Å². The number of fused-ring (bicyclic) bond motifs is 1. The normalized spacial score (nSPS) is 12.6. The Morgan fingerprint density at radius 3 is 2.95 bits per heavy atom. The van der Waals surface area contributed by atoms with Gasteiger partial charge in [0.2, 0.25) is 5.95 Å². The smallest absolute Gasteiger partial charge is 0.240 e. The van der Waals surface area contributed by atoms with E-state index in [1.807, 2.05) is 6.92 Å². The Labute approximate surface area is 122 Å². The van der Waals surface area contributed by atoms with Crippen molar-refractivity contribution in [2.75, 3.05) is 23.9 Å². The quantitative estimate of drug-likeness (QED) is 0.355. The Morgan fingerprint density at radius 1 is 1.45 bits per heavy atom. The number of aliphatic hydroxyl groups is 1. The van der Waals surface area contributed by atoms with Gasteiger partial charge in [-0.3, -0.25) is 5.43 Å². The number of hydrogen-bond acceptors (Lipinski definition) is 7. The molecule has 2 rings (SSSR count). The van der Waals surface area contributed by atoms with E-state index in [-0.39, 0.29) is 6.61 Å². The highest BCUT2D eigenvalue weighted by atomic mass is 32.1. The third kappa shape index (κ3) is 3.56. The minimum absolute atomic E-state index is 0.239. The van der Waals surface area contributed by atoms with Crippen molar-refractivity contribution in [2.24, 2.45) is 11.8 Å². The van der Waals surface area contributed by atoms with E-state index in [1.54, 1.807) is 11.3 Å². The number of aliphatic hydroxyl groups excluding tert-OH is 1. The van der Waals surface area contributed by atoms with Gasteiger partial charge in [0.05, 0.1) is 5.39 Å². The Hall–Kier alpha value is -1.44. The molecule has 0 amide bonds. The van der Waals surface area contributed by atoms with E-state index in [0.717, 1.165) is 35.4 Å². The van der Waals surface area contributed by atoms with Crippen molar-refractivity contribution in [3.05, 3.63) is 10.9 Å². The molecule has 1 atom stereocenters. The molecule has 0 fully saturated rings. The predicted molar refractivity (Wildman–Crippen MR) is 83.9 cm³/mol. The van der Waals surface area contributed by atoms with Crippen LogP contribution in [-0.2, 0) is 0 Å². The summed E-state index contributed by atoms with van der Waals surface area (Å²) in [5.74, 6) is 6.97. The second-order valence-corrected chi connectivity index (χ2v) is 6.21. The van der Waals surface area contributed by atoms with Gasteiger partial charge in [0.15, 0.2) is 0 Å². The second kappa shape index (κ2) is 6.83. The number of anilines is 2. The number of aromatic nitrogens is 2. The molecular weight excluding hydrogens is 274 g/mol. The lowest BCUT2D eigenvalue weighted by Crippen LogP contribution is -2.13. The van der Waals surface area contributed by atoms with Crippen LogP contribution in [0.3, 0.4) is 0 Å². The zero-order chi connectivity index (χ0) is 14.5. The maximum atomic E-state index is 9.00. The molecule has 2 aromatic rings. The number of thiophene rings is 1.